The van der Waals surface area contributed by atoms with Crippen molar-refractivity contribution in [1.29, 1.82) is 0 Å². The largest absolute Gasteiger partial charge is 0.496 e. The molecule has 1 atom stereocenters. The van der Waals surface area contributed by atoms with Gasteiger partial charge in [0.15, 0.2) is 0 Å². The van der Waals surface area contributed by atoms with Gasteiger partial charge in [-0.15, -0.1) is 0 Å². The van der Waals surface area contributed by atoms with E-state index in [4.69, 9.17) is 9.84 Å². The Labute approximate surface area is 121 Å². The Morgan fingerprint density at radius 2 is 2.26 bits per heavy atom. The molecule has 1 rings (SSSR count). The molecule has 0 saturated carbocycles. The molecule has 0 aromatic heterocycles. The molecule has 6 heteroatoms. The number of benzene rings is 1. The average molecular weight is 331 g/mol. The predicted molar refractivity (Wildman–Crippen MR) is 77.8 cm³/mol. The van der Waals surface area contributed by atoms with Crippen LogP contribution in [0.25, 0.3) is 0 Å². The summed E-state index contributed by atoms with van der Waals surface area (Å²) in [5.41, 5.74) is 1.16. The van der Waals surface area contributed by atoms with Gasteiger partial charge in [-0.2, -0.15) is 0 Å². The van der Waals surface area contributed by atoms with Crippen molar-refractivity contribution in [3.05, 3.63) is 28.2 Å². The Morgan fingerprint density at radius 3 is 2.79 bits per heavy atom. The number of likely N-dealkylation sites (N-methyl/N-ethyl adjacent to an activating group) is 1. The first kappa shape index (κ1) is 15.9. The number of ether oxygens (including phenoxy) is 1. The summed E-state index contributed by atoms with van der Waals surface area (Å²) in [6.45, 7) is 1.13. The highest BCUT2D eigenvalue weighted by Gasteiger charge is 2.13. The molecule has 19 heavy (non-hydrogen) atoms. The second-order valence-corrected chi connectivity index (χ2v) is 4.96. The summed E-state index contributed by atoms with van der Waals surface area (Å²) in [6, 6.07) is 5.36. The Kier molecular flexibility index (Phi) is 6.83. The molecule has 5 nitrogen and oxygen atoms in total. The van der Waals surface area contributed by atoms with Crippen molar-refractivity contribution in [2.24, 2.45) is 0 Å². The van der Waals surface area contributed by atoms with Gasteiger partial charge in [-0.25, -0.2) is 0 Å². The molecule has 0 heterocycles. The third-order valence-corrected chi connectivity index (χ3v) is 3.42. The molecule has 0 radical (unpaired) electrons. The molecule has 0 aliphatic heterocycles. The van der Waals surface area contributed by atoms with Gasteiger partial charge >= 0.3 is 5.97 Å². The molecule has 1 unspecified atom stereocenters. The second-order valence-electron chi connectivity index (χ2n) is 4.10. The number of hydrogen-bond acceptors (Lipinski definition) is 4. The maximum absolute atomic E-state index is 10.8. The molecule has 1 aromatic carbocycles. The van der Waals surface area contributed by atoms with E-state index in [0.717, 1.165) is 28.8 Å². The highest BCUT2D eigenvalue weighted by Crippen LogP contribution is 2.25. The number of rotatable bonds is 8. The smallest absolute Gasteiger partial charge is 0.322 e. The molecule has 0 fully saturated rings. The number of methoxy groups -OCH3 is 1. The van der Waals surface area contributed by atoms with Crippen molar-refractivity contribution in [3.63, 3.8) is 0 Å². The summed E-state index contributed by atoms with van der Waals surface area (Å²) in [4.78, 5) is 10.8. The number of carbonyl (C=O) groups is 1. The Morgan fingerprint density at radius 1 is 1.53 bits per heavy atom. The van der Waals surface area contributed by atoms with E-state index in [0.29, 0.717) is 6.54 Å². The molecule has 0 aliphatic rings. The zero-order valence-electron chi connectivity index (χ0n) is 11.1. The molecule has 0 aliphatic carbocycles. The van der Waals surface area contributed by atoms with Gasteiger partial charge in [-0.3, -0.25) is 4.79 Å². The number of aliphatic carboxylic acids is 1. The Hall–Kier alpha value is -1.11. The third kappa shape index (κ3) is 5.18. The summed E-state index contributed by atoms with van der Waals surface area (Å²) in [5, 5.41) is 14.7. The Balaban J connectivity index is 2.37. The van der Waals surface area contributed by atoms with Crippen molar-refractivity contribution in [2.75, 3.05) is 27.2 Å². The number of carboxylic acid groups (broad SMARTS) is 1. The minimum Gasteiger partial charge on any atom is -0.496 e. The number of carboxylic acids is 1. The normalized spacial score (nSPS) is 12.2. The van der Waals surface area contributed by atoms with Crippen molar-refractivity contribution >= 4 is 21.9 Å². The van der Waals surface area contributed by atoms with E-state index in [2.05, 4.69) is 26.6 Å². The van der Waals surface area contributed by atoms with Crippen LogP contribution in [-0.4, -0.2) is 44.4 Å². The number of halogens is 1. The van der Waals surface area contributed by atoms with Crippen molar-refractivity contribution in [1.82, 2.24) is 10.6 Å². The summed E-state index contributed by atoms with van der Waals surface area (Å²) >= 11 is 3.44. The average Bonchev–Trinajstić information content (AvgIpc) is 2.38. The van der Waals surface area contributed by atoms with E-state index in [1.165, 1.54) is 0 Å². The highest BCUT2D eigenvalue weighted by atomic mass is 79.9. The molecule has 1 aromatic rings. The van der Waals surface area contributed by atoms with Crippen LogP contribution in [0.2, 0.25) is 0 Å². The first-order valence-corrected chi connectivity index (χ1v) is 6.81. The fourth-order valence-corrected chi connectivity index (χ4v) is 2.25. The summed E-state index contributed by atoms with van der Waals surface area (Å²) < 4.78 is 6.08. The lowest BCUT2D eigenvalue weighted by Gasteiger charge is -2.12. The lowest BCUT2D eigenvalue weighted by Crippen LogP contribution is -2.43. The van der Waals surface area contributed by atoms with Crippen molar-refractivity contribution in [3.8, 4) is 5.75 Å². The summed E-state index contributed by atoms with van der Waals surface area (Å²) in [5.74, 6) is -0.0416. The minimum atomic E-state index is -0.845. The molecule has 106 valence electrons. The third-order valence-electron chi connectivity index (χ3n) is 2.80. The zero-order valence-corrected chi connectivity index (χ0v) is 12.7. The standard InChI is InChI=1S/C13H19BrN2O3/c1-15-11(13(17)18)8-16-6-5-9-3-4-12(19-2)10(14)7-9/h3-4,7,11,15-16H,5-6,8H2,1-2H3,(H,17,18). The van der Waals surface area contributed by atoms with Crippen LogP contribution in [0.4, 0.5) is 0 Å². The minimum absolute atomic E-state index is 0.406. The van der Waals surface area contributed by atoms with Crippen LogP contribution in [0, 0.1) is 0 Å². The summed E-state index contributed by atoms with van der Waals surface area (Å²) in [6.07, 6.45) is 0.832. The van der Waals surface area contributed by atoms with Crippen LogP contribution >= 0.6 is 15.9 Å². The summed E-state index contributed by atoms with van der Waals surface area (Å²) in [7, 11) is 3.27. The van der Waals surface area contributed by atoms with Gasteiger partial charge in [0.25, 0.3) is 0 Å². The van der Waals surface area contributed by atoms with Gasteiger partial charge in [0.05, 0.1) is 11.6 Å². The van der Waals surface area contributed by atoms with E-state index in [1.807, 2.05) is 18.2 Å². The molecule has 0 saturated heterocycles. The molecule has 0 bridgehead atoms. The monoisotopic (exact) mass is 330 g/mol. The van der Waals surface area contributed by atoms with Crippen LogP contribution in [0.3, 0.4) is 0 Å². The topological polar surface area (TPSA) is 70.6 Å². The SMILES string of the molecule is CNC(CNCCc1ccc(OC)c(Br)c1)C(=O)O. The van der Waals surface area contributed by atoms with Gasteiger partial charge in [0, 0.05) is 6.54 Å². The van der Waals surface area contributed by atoms with E-state index >= 15 is 0 Å². The first-order chi connectivity index (χ1) is 9.08. The predicted octanol–water partition coefficient (Wildman–Crippen LogP) is 1.26. The van der Waals surface area contributed by atoms with Crippen LogP contribution in [0.5, 0.6) is 5.75 Å². The van der Waals surface area contributed by atoms with Gasteiger partial charge < -0.3 is 20.5 Å². The van der Waals surface area contributed by atoms with Crippen LogP contribution in [-0.2, 0) is 11.2 Å². The van der Waals surface area contributed by atoms with Crippen LogP contribution < -0.4 is 15.4 Å². The van der Waals surface area contributed by atoms with Gasteiger partial charge in [0.1, 0.15) is 11.8 Å². The molecule has 0 spiro atoms. The Bertz CT molecular complexity index is 426. The molecule has 0 amide bonds. The fourth-order valence-electron chi connectivity index (χ4n) is 1.66. The van der Waals surface area contributed by atoms with Crippen LogP contribution in [0.1, 0.15) is 5.56 Å². The first-order valence-electron chi connectivity index (χ1n) is 6.01. The van der Waals surface area contributed by atoms with E-state index in [1.54, 1.807) is 14.2 Å². The zero-order chi connectivity index (χ0) is 14.3. The lowest BCUT2D eigenvalue weighted by molar-refractivity contribution is -0.139. The quantitative estimate of drug-likeness (QED) is 0.626. The number of hydrogen-bond donors (Lipinski definition) is 3. The maximum atomic E-state index is 10.8. The van der Waals surface area contributed by atoms with Crippen molar-refractivity contribution < 1.29 is 14.6 Å². The van der Waals surface area contributed by atoms with Crippen molar-refractivity contribution in [2.45, 2.75) is 12.5 Å². The number of nitrogens with one attached hydrogen (secondary N) is 2. The van der Waals surface area contributed by atoms with E-state index in [-0.39, 0.29) is 0 Å². The lowest BCUT2D eigenvalue weighted by atomic mass is 10.1. The molecule has 3 N–H and O–H groups in total. The van der Waals surface area contributed by atoms with E-state index < -0.39 is 12.0 Å². The highest BCUT2D eigenvalue weighted by molar-refractivity contribution is 9.10. The van der Waals surface area contributed by atoms with Gasteiger partial charge in [-0.1, -0.05) is 6.07 Å². The second kappa shape index (κ2) is 8.14. The fraction of sp³-hybridized carbons (Fsp3) is 0.462. The molecular weight excluding hydrogens is 312 g/mol. The van der Waals surface area contributed by atoms with E-state index in [9.17, 15) is 4.79 Å². The van der Waals surface area contributed by atoms with Crippen LogP contribution in [0.15, 0.2) is 22.7 Å². The maximum Gasteiger partial charge on any atom is 0.322 e. The van der Waals surface area contributed by atoms with Gasteiger partial charge in [-0.05, 0) is 53.6 Å². The molecular formula is C13H19BrN2O3. The van der Waals surface area contributed by atoms with Gasteiger partial charge in [0.2, 0.25) is 0 Å².